The van der Waals surface area contributed by atoms with Gasteiger partial charge in [0, 0.05) is 17.5 Å². The van der Waals surface area contributed by atoms with Gasteiger partial charge in [-0.3, -0.25) is 4.79 Å². The number of Topliss-reactive ketones (excluding diaryl/α,β-unsaturated/α-hetero) is 1. The zero-order chi connectivity index (χ0) is 17.8. The molecule has 0 amide bonds. The topological polar surface area (TPSA) is 83.7 Å². The van der Waals surface area contributed by atoms with Crippen LogP contribution < -0.4 is 14.2 Å². The van der Waals surface area contributed by atoms with E-state index in [9.17, 15) is 4.79 Å². The molecule has 0 saturated carbocycles. The van der Waals surface area contributed by atoms with Crippen LogP contribution in [0, 0.1) is 0 Å². The highest BCUT2D eigenvalue weighted by Gasteiger charge is 2.14. The summed E-state index contributed by atoms with van der Waals surface area (Å²) >= 11 is 0. The van der Waals surface area contributed by atoms with Crippen LogP contribution in [-0.2, 0) is 0 Å². The third-order valence-corrected chi connectivity index (χ3v) is 3.90. The molecular formula is C19H16N2O5. The molecule has 1 aliphatic rings. The number of ether oxygens (including phenoxy) is 3. The lowest BCUT2D eigenvalue weighted by atomic mass is 10.1. The molecule has 4 rings (SSSR count). The summed E-state index contributed by atoms with van der Waals surface area (Å²) in [7, 11) is 0. The van der Waals surface area contributed by atoms with E-state index in [2.05, 4.69) is 10.2 Å². The van der Waals surface area contributed by atoms with E-state index >= 15 is 0 Å². The van der Waals surface area contributed by atoms with E-state index in [1.165, 1.54) is 6.39 Å². The summed E-state index contributed by atoms with van der Waals surface area (Å²) in [6.07, 6.45) is 2.09. The van der Waals surface area contributed by atoms with Crippen LogP contribution in [0.1, 0.15) is 16.8 Å². The predicted octanol–water partition coefficient (Wildman–Crippen LogP) is 3.16. The number of nitrogens with zero attached hydrogens (tertiary/aromatic N) is 2. The quantitative estimate of drug-likeness (QED) is 0.652. The van der Waals surface area contributed by atoms with E-state index in [1.54, 1.807) is 42.5 Å². The number of aromatic nitrogens is 2. The number of rotatable bonds is 5. The Bertz CT molecular complexity index is 891. The van der Waals surface area contributed by atoms with Gasteiger partial charge in [0.1, 0.15) is 5.75 Å². The maximum Gasteiger partial charge on any atom is 0.247 e. The molecular weight excluding hydrogens is 336 g/mol. The van der Waals surface area contributed by atoms with Crippen molar-refractivity contribution >= 4 is 5.78 Å². The standard InChI is InChI=1S/C19H16N2O5/c22-16(14-4-7-17-18(10-14)24-9-1-8-23-17)11-25-15-5-2-13(3-6-15)19-21-20-12-26-19/h2-7,10,12H,1,8-9,11H2. The summed E-state index contributed by atoms with van der Waals surface area (Å²) in [6, 6.07) is 12.3. The lowest BCUT2D eigenvalue weighted by molar-refractivity contribution is 0.0921. The fourth-order valence-electron chi connectivity index (χ4n) is 2.56. The van der Waals surface area contributed by atoms with Gasteiger partial charge in [0.15, 0.2) is 23.9 Å². The first-order valence-electron chi connectivity index (χ1n) is 8.22. The van der Waals surface area contributed by atoms with Gasteiger partial charge in [-0.2, -0.15) is 0 Å². The summed E-state index contributed by atoms with van der Waals surface area (Å²) in [5.74, 6) is 2.13. The van der Waals surface area contributed by atoms with Crippen LogP contribution in [0.3, 0.4) is 0 Å². The Balaban J connectivity index is 1.40. The van der Waals surface area contributed by atoms with Crippen LogP contribution in [0.25, 0.3) is 11.5 Å². The highest BCUT2D eigenvalue weighted by Crippen LogP contribution is 2.30. The van der Waals surface area contributed by atoms with E-state index in [4.69, 9.17) is 18.6 Å². The van der Waals surface area contributed by atoms with E-state index in [-0.39, 0.29) is 12.4 Å². The number of fused-ring (bicyclic) bond motifs is 1. The SMILES string of the molecule is O=C(COc1ccc(-c2nnco2)cc1)c1ccc2c(c1)OCCCO2. The van der Waals surface area contributed by atoms with Gasteiger partial charge < -0.3 is 18.6 Å². The first kappa shape index (κ1) is 16.1. The average molecular weight is 352 g/mol. The molecule has 1 aliphatic heterocycles. The second-order valence-electron chi connectivity index (χ2n) is 5.69. The number of carbonyl (C=O) groups excluding carboxylic acids is 1. The van der Waals surface area contributed by atoms with Gasteiger partial charge in [0.25, 0.3) is 0 Å². The molecule has 1 aromatic heterocycles. The number of carbonyl (C=O) groups is 1. The molecule has 3 aromatic rings. The van der Waals surface area contributed by atoms with Gasteiger partial charge >= 0.3 is 0 Å². The third-order valence-electron chi connectivity index (χ3n) is 3.90. The van der Waals surface area contributed by atoms with Crippen LogP contribution in [0.2, 0.25) is 0 Å². The molecule has 0 spiro atoms. The molecule has 26 heavy (non-hydrogen) atoms. The number of hydrogen-bond acceptors (Lipinski definition) is 7. The Morgan fingerprint density at radius 2 is 1.85 bits per heavy atom. The van der Waals surface area contributed by atoms with E-state index in [1.807, 2.05) is 0 Å². The second-order valence-corrected chi connectivity index (χ2v) is 5.69. The maximum absolute atomic E-state index is 12.4. The van der Waals surface area contributed by atoms with Gasteiger partial charge in [-0.05, 0) is 42.5 Å². The molecule has 0 saturated heterocycles. The molecule has 2 aromatic carbocycles. The fourth-order valence-corrected chi connectivity index (χ4v) is 2.56. The largest absolute Gasteiger partial charge is 0.490 e. The van der Waals surface area contributed by atoms with Crippen LogP contribution in [0.5, 0.6) is 17.2 Å². The van der Waals surface area contributed by atoms with Crippen LogP contribution >= 0.6 is 0 Å². The monoisotopic (exact) mass is 352 g/mol. The molecule has 0 aliphatic carbocycles. The molecule has 0 unspecified atom stereocenters. The normalized spacial score (nSPS) is 13.1. The average Bonchev–Trinajstić information content (AvgIpc) is 3.11. The molecule has 132 valence electrons. The highest BCUT2D eigenvalue weighted by molar-refractivity contribution is 5.97. The minimum atomic E-state index is -0.137. The van der Waals surface area contributed by atoms with Crippen molar-refractivity contribution in [2.45, 2.75) is 6.42 Å². The Kier molecular flexibility index (Phi) is 4.51. The molecule has 2 heterocycles. The first-order chi connectivity index (χ1) is 12.8. The number of ketones is 1. The summed E-state index contributed by atoms with van der Waals surface area (Å²) < 4.78 is 21.9. The van der Waals surface area contributed by atoms with E-state index in [0.717, 1.165) is 12.0 Å². The molecule has 0 fully saturated rings. The van der Waals surface area contributed by atoms with Gasteiger partial charge in [-0.1, -0.05) is 0 Å². The van der Waals surface area contributed by atoms with Crippen molar-refractivity contribution in [3.05, 3.63) is 54.4 Å². The fraction of sp³-hybridized carbons (Fsp3) is 0.211. The minimum Gasteiger partial charge on any atom is -0.490 e. The Hall–Kier alpha value is -3.35. The van der Waals surface area contributed by atoms with Crippen LogP contribution in [0.15, 0.2) is 53.3 Å². The molecule has 7 nitrogen and oxygen atoms in total. The van der Waals surface area contributed by atoms with Gasteiger partial charge in [0.2, 0.25) is 12.3 Å². The zero-order valence-corrected chi connectivity index (χ0v) is 13.9. The van der Waals surface area contributed by atoms with E-state index < -0.39 is 0 Å². The molecule has 0 bridgehead atoms. The maximum atomic E-state index is 12.4. The van der Waals surface area contributed by atoms with Crippen molar-refractivity contribution < 1.29 is 23.4 Å². The first-order valence-corrected chi connectivity index (χ1v) is 8.22. The van der Waals surface area contributed by atoms with Crippen molar-refractivity contribution in [1.82, 2.24) is 10.2 Å². The molecule has 7 heteroatoms. The second kappa shape index (κ2) is 7.26. The van der Waals surface area contributed by atoms with Crippen molar-refractivity contribution in [3.63, 3.8) is 0 Å². The van der Waals surface area contributed by atoms with Crippen LogP contribution in [0.4, 0.5) is 0 Å². The Labute approximate surface area is 149 Å². The lowest BCUT2D eigenvalue weighted by Crippen LogP contribution is -2.11. The van der Waals surface area contributed by atoms with Gasteiger partial charge in [-0.15, -0.1) is 10.2 Å². The summed E-state index contributed by atoms with van der Waals surface area (Å²) in [5.41, 5.74) is 1.31. The third kappa shape index (κ3) is 3.51. The van der Waals surface area contributed by atoms with Crippen LogP contribution in [-0.4, -0.2) is 35.8 Å². The van der Waals surface area contributed by atoms with Crippen molar-refractivity contribution in [2.75, 3.05) is 19.8 Å². The Morgan fingerprint density at radius 3 is 2.62 bits per heavy atom. The zero-order valence-electron chi connectivity index (χ0n) is 13.9. The summed E-state index contributed by atoms with van der Waals surface area (Å²) in [6.45, 7) is 1.12. The van der Waals surface area contributed by atoms with Crippen molar-refractivity contribution in [1.29, 1.82) is 0 Å². The summed E-state index contributed by atoms with van der Waals surface area (Å²) in [5, 5.41) is 7.48. The van der Waals surface area contributed by atoms with E-state index in [0.29, 0.717) is 41.9 Å². The molecule has 0 atom stereocenters. The Morgan fingerprint density at radius 1 is 1.04 bits per heavy atom. The van der Waals surface area contributed by atoms with Gasteiger partial charge in [0.05, 0.1) is 13.2 Å². The molecule has 0 N–H and O–H groups in total. The number of benzene rings is 2. The summed E-state index contributed by atoms with van der Waals surface area (Å²) in [4.78, 5) is 12.4. The number of hydrogen-bond donors (Lipinski definition) is 0. The smallest absolute Gasteiger partial charge is 0.247 e. The van der Waals surface area contributed by atoms with Crippen molar-refractivity contribution in [3.8, 4) is 28.7 Å². The van der Waals surface area contributed by atoms with Crippen molar-refractivity contribution in [2.24, 2.45) is 0 Å². The van der Waals surface area contributed by atoms with Gasteiger partial charge in [-0.25, -0.2) is 0 Å². The lowest BCUT2D eigenvalue weighted by Gasteiger charge is -2.10. The minimum absolute atomic E-state index is 0.0699. The highest BCUT2D eigenvalue weighted by atomic mass is 16.5. The molecule has 0 radical (unpaired) electrons. The predicted molar refractivity (Wildman–Crippen MR) is 91.6 cm³/mol.